The molecule has 0 saturated carbocycles. The Labute approximate surface area is 113 Å². The monoisotopic (exact) mass is 280 g/mol. The fourth-order valence-electron chi connectivity index (χ4n) is 1.69. The lowest BCUT2D eigenvalue weighted by Gasteiger charge is -2.13. The van der Waals surface area contributed by atoms with Crippen molar-refractivity contribution in [2.45, 2.75) is 13.1 Å². The van der Waals surface area contributed by atoms with Gasteiger partial charge in [0.25, 0.3) is 5.91 Å². The molecule has 20 heavy (non-hydrogen) atoms. The number of nitrogens with one attached hydrogen (secondary N) is 1. The van der Waals surface area contributed by atoms with Gasteiger partial charge in [0.05, 0.1) is 11.3 Å². The highest BCUT2D eigenvalue weighted by molar-refractivity contribution is 6.03. The number of carbonyl (C=O) groups is 1. The number of benzene rings is 1. The molecule has 1 heterocycles. The minimum Gasteiger partial charge on any atom is -0.320 e. The van der Waals surface area contributed by atoms with Gasteiger partial charge < -0.3 is 5.32 Å². The van der Waals surface area contributed by atoms with Gasteiger partial charge in [-0.15, -0.1) is 0 Å². The summed E-state index contributed by atoms with van der Waals surface area (Å²) < 4.78 is 38.4. The number of halogens is 3. The number of amides is 1. The summed E-state index contributed by atoms with van der Waals surface area (Å²) in [6.45, 7) is 1.77. The Hall–Kier alpha value is -2.37. The van der Waals surface area contributed by atoms with E-state index >= 15 is 0 Å². The van der Waals surface area contributed by atoms with Gasteiger partial charge in [0.1, 0.15) is 5.69 Å². The predicted molar refractivity (Wildman–Crippen MR) is 68.4 cm³/mol. The zero-order chi connectivity index (χ0) is 14.8. The van der Waals surface area contributed by atoms with E-state index in [-0.39, 0.29) is 11.4 Å². The average molecular weight is 280 g/mol. The molecule has 0 aliphatic heterocycles. The summed E-state index contributed by atoms with van der Waals surface area (Å²) in [6, 6.07) is 8.01. The number of aryl methyl sites for hydroxylation is 1. The van der Waals surface area contributed by atoms with Gasteiger partial charge >= 0.3 is 6.18 Å². The zero-order valence-corrected chi connectivity index (χ0v) is 10.5. The van der Waals surface area contributed by atoms with Crippen molar-refractivity contribution in [3.63, 3.8) is 0 Å². The molecule has 1 aromatic heterocycles. The summed E-state index contributed by atoms with van der Waals surface area (Å²) in [5.74, 6) is -0.676. The number of anilines is 1. The minimum absolute atomic E-state index is 0.0713. The maximum atomic E-state index is 12.8. The molecule has 0 unspecified atom stereocenters. The SMILES string of the molecule is Cc1ccnc(C(=O)Nc2ccccc2C(F)(F)F)c1. The van der Waals surface area contributed by atoms with Gasteiger partial charge in [0, 0.05) is 6.20 Å². The largest absolute Gasteiger partial charge is 0.418 e. The van der Waals surface area contributed by atoms with E-state index in [2.05, 4.69) is 10.3 Å². The first-order valence-electron chi connectivity index (χ1n) is 5.78. The fraction of sp³-hybridized carbons (Fsp3) is 0.143. The summed E-state index contributed by atoms with van der Waals surface area (Å²) >= 11 is 0. The molecule has 0 fully saturated rings. The summed E-state index contributed by atoms with van der Waals surface area (Å²) in [6.07, 6.45) is -3.09. The lowest BCUT2D eigenvalue weighted by molar-refractivity contribution is -0.136. The van der Waals surface area contributed by atoms with E-state index in [9.17, 15) is 18.0 Å². The van der Waals surface area contributed by atoms with E-state index in [1.54, 1.807) is 13.0 Å². The minimum atomic E-state index is -4.52. The standard InChI is InChI=1S/C14H11F3N2O/c1-9-6-7-18-12(8-9)13(20)19-11-5-3-2-4-10(11)14(15,16)17/h2-8H,1H3,(H,19,20). The lowest BCUT2D eigenvalue weighted by atomic mass is 10.1. The lowest BCUT2D eigenvalue weighted by Crippen LogP contribution is -2.17. The summed E-state index contributed by atoms with van der Waals surface area (Å²) in [7, 11) is 0. The number of hydrogen-bond acceptors (Lipinski definition) is 2. The van der Waals surface area contributed by atoms with Crippen molar-refractivity contribution < 1.29 is 18.0 Å². The van der Waals surface area contributed by atoms with Crippen molar-refractivity contribution in [2.24, 2.45) is 0 Å². The Bertz CT molecular complexity index is 638. The van der Waals surface area contributed by atoms with Gasteiger partial charge in [-0.3, -0.25) is 9.78 Å². The molecule has 0 saturated heterocycles. The first kappa shape index (κ1) is 14.0. The maximum absolute atomic E-state index is 12.8. The van der Waals surface area contributed by atoms with Gasteiger partial charge in [-0.1, -0.05) is 12.1 Å². The number of para-hydroxylation sites is 1. The van der Waals surface area contributed by atoms with E-state index in [0.29, 0.717) is 0 Å². The van der Waals surface area contributed by atoms with Crippen molar-refractivity contribution in [1.82, 2.24) is 4.98 Å². The Morgan fingerprint density at radius 2 is 1.90 bits per heavy atom. The third-order valence-electron chi connectivity index (χ3n) is 2.63. The van der Waals surface area contributed by atoms with Crippen LogP contribution in [0.5, 0.6) is 0 Å². The second kappa shape index (κ2) is 5.32. The summed E-state index contributed by atoms with van der Waals surface area (Å²) in [5, 5.41) is 2.24. The summed E-state index contributed by atoms with van der Waals surface area (Å²) in [4.78, 5) is 15.7. The first-order valence-corrected chi connectivity index (χ1v) is 5.78. The molecule has 1 amide bonds. The van der Waals surface area contributed by atoms with Crippen LogP contribution in [0.3, 0.4) is 0 Å². The number of pyridine rings is 1. The predicted octanol–water partition coefficient (Wildman–Crippen LogP) is 3.66. The van der Waals surface area contributed by atoms with Gasteiger partial charge in [-0.05, 0) is 36.8 Å². The van der Waals surface area contributed by atoms with Crippen LogP contribution in [-0.2, 0) is 6.18 Å². The Morgan fingerprint density at radius 1 is 1.20 bits per heavy atom. The molecule has 0 atom stereocenters. The van der Waals surface area contributed by atoms with Gasteiger partial charge in [-0.25, -0.2) is 0 Å². The highest BCUT2D eigenvalue weighted by Gasteiger charge is 2.33. The molecule has 0 aliphatic carbocycles. The molecule has 6 heteroatoms. The van der Waals surface area contributed by atoms with Crippen LogP contribution in [0.25, 0.3) is 0 Å². The van der Waals surface area contributed by atoms with E-state index in [1.807, 2.05) is 0 Å². The van der Waals surface area contributed by atoms with E-state index in [0.717, 1.165) is 11.6 Å². The van der Waals surface area contributed by atoms with Crippen LogP contribution < -0.4 is 5.32 Å². The zero-order valence-electron chi connectivity index (χ0n) is 10.5. The molecule has 1 N–H and O–H groups in total. The highest BCUT2D eigenvalue weighted by Crippen LogP contribution is 2.34. The van der Waals surface area contributed by atoms with E-state index in [1.165, 1.54) is 30.5 Å². The van der Waals surface area contributed by atoms with Gasteiger partial charge in [0.15, 0.2) is 0 Å². The van der Waals surface area contributed by atoms with Crippen molar-refractivity contribution in [3.05, 3.63) is 59.4 Å². The molecule has 2 rings (SSSR count). The number of aromatic nitrogens is 1. The van der Waals surface area contributed by atoms with Crippen LogP contribution in [0.15, 0.2) is 42.6 Å². The second-order valence-electron chi connectivity index (χ2n) is 4.22. The van der Waals surface area contributed by atoms with Crippen LogP contribution in [0, 0.1) is 6.92 Å². The number of alkyl halides is 3. The molecule has 104 valence electrons. The molecule has 0 aliphatic rings. The number of rotatable bonds is 2. The molecular weight excluding hydrogens is 269 g/mol. The molecule has 0 bridgehead atoms. The van der Waals surface area contributed by atoms with Crippen LogP contribution in [-0.4, -0.2) is 10.9 Å². The second-order valence-corrected chi connectivity index (χ2v) is 4.22. The number of carbonyl (C=O) groups excluding carboxylic acids is 1. The van der Waals surface area contributed by atoms with Crippen molar-refractivity contribution >= 4 is 11.6 Å². The molecule has 0 radical (unpaired) electrons. The van der Waals surface area contributed by atoms with Gasteiger partial charge in [-0.2, -0.15) is 13.2 Å². The number of hydrogen-bond donors (Lipinski definition) is 1. The Morgan fingerprint density at radius 3 is 2.55 bits per heavy atom. The van der Waals surface area contributed by atoms with Crippen LogP contribution >= 0.6 is 0 Å². The molecule has 0 spiro atoms. The van der Waals surface area contributed by atoms with Crippen LogP contribution in [0.1, 0.15) is 21.6 Å². The quantitative estimate of drug-likeness (QED) is 0.912. The Balaban J connectivity index is 2.29. The van der Waals surface area contributed by atoms with Crippen molar-refractivity contribution in [3.8, 4) is 0 Å². The third kappa shape index (κ3) is 3.14. The smallest absolute Gasteiger partial charge is 0.320 e. The van der Waals surface area contributed by atoms with E-state index in [4.69, 9.17) is 0 Å². The highest BCUT2D eigenvalue weighted by atomic mass is 19.4. The normalized spacial score (nSPS) is 11.2. The average Bonchev–Trinajstić information content (AvgIpc) is 2.38. The number of nitrogens with zero attached hydrogens (tertiary/aromatic N) is 1. The van der Waals surface area contributed by atoms with E-state index < -0.39 is 17.6 Å². The topological polar surface area (TPSA) is 42.0 Å². The van der Waals surface area contributed by atoms with Crippen LogP contribution in [0.4, 0.5) is 18.9 Å². The first-order chi connectivity index (χ1) is 9.38. The molecule has 3 nitrogen and oxygen atoms in total. The van der Waals surface area contributed by atoms with Crippen molar-refractivity contribution in [2.75, 3.05) is 5.32 Å². The Kier molecular flexibility index (Phi) is 3.74. The molecule has 1 aromatic carbocycles. The van der Waals surface area contributed by atoms with Crippen molar-refractivity contribution in [1.29, 1.82) is 0 Å². The molecular formula is C14H11F3N2O. The third-order valence-corrected chi connectivity index (χ3v) is 2.63. The summed E-state index contributed by atoms with van der Waals surface area (Å²) in [5.41, 5.74) is -0.300. The molecule has 2 aromatic rings. The maximum Gasteiger partial charge on any atom is 0.418 e. The fourth-order valence-corrected chi connectivity index (χ4v) is 1.69. The van der Waals surface area contributed by atoms with Gasteiger partial charge in [0.2, 0.25) is 0 Å². The van der Waals surface area contributed by atoms with Crippen LogP contribution in [0.2, 0.25) is 0 Å².